The van der Waals surface area contributed by atoms with Crippen molar-refractivity contribution in [3.8, 4) is 0 Å². The van der Waals surface area contributed by atoms with Crippen LogP contribution in [0.2, 0.25) is 0 Å². The third-order valence-electron chi connectivity index (χ3n) is 1.23. The second kappa shape index (κ2) is 3.05. The van der Waals surface area contributed by atoms with E-state index in [0.717, 1.165) is 0 Å². The highest BCUT2D eigenvalue weighted by atomic mass is 16.5. The number of nitrogens with zero attached hydrogens (tertiary/aromatic N) is 2. The van der Waals surface area contributed by atoms with E-state index in [1.165, 1.54) is 4.90 Å². The molecule has 55 valence electrons. The molecule has 0 saturated carbocycles. The van der Waals surface area contributed by atoms with Gasteiger partial charge in [0.05, 0.1) is 13.1 Å². The van der Waals surface area contributed by atoms with Crippen LogP contribution in [0.1, 0.15) is 0 Å². The molecule has 5 nitrogen and oxygen atoms in total. The molecule has 1 rings (SSSR count). The minimum Gasteiger partial charge on any atom is -0.477 e. The highest BCUT2D eigenvalue weighted by molar-refractivity contribution is 5.80. The monoisotopic (exact) mass is 142 g/mol. The van der Waals surface area contributed by atoms with E-state index in [1.54, 1.807) is 6.41 Å². The first-order valence-corrected chi connectivity index (χ1v) is 2.89. The number of carbonyl (C=O) groups excluding carboxylic acids is 1. The second-order valence-corrected chi connectivity index (χ2v) is 1.88. The van der Waals surface area contributed by atoms with Gasteiger partial charge in [0.2, 0.25) is 5.90 Å². The average Bonchev–Trinajstić information content (AvgIpc) is 2.05. The predicted octanol–water partition coefficient (Wildman–Crippen LogP) is -1.34. The Kier molecular flexibility index (Phi) is 2.09. The van der Waals surface area contributed by atoms with Crippen molar-refractivity contribution in [2.24, 2.45) is 10.9 Å². The number of hydrogen-bond acceptors (Lipinski definition) is 4. The van der Waals surface area contributed by atoms with E-state index >= 15 is 0 Å². The van der Waals surface area contributed by atoms with Gasteiger partial charge in [-0.1, -0.05) is 0 Å². The fourth-order valence-corrected chi connectivity index (χ4v) is 0.718. The molecule has 0 aromatic carbocycles. The smallest absolute Gasteiger partial charge is 0.312 e. The van der Waals surface area contributed by atoms with E-state index in [1.807, 2.05) is 0 Å². The van der Waals surface area contributed by atoms with Crippen LogP contribution in [0.3, 0.4) is 0 Å². The molecule has 0 atom stereocenters. The van der Waals surface area contributed by atoms with Crippen LogP contribution >= 0.6 is 0 Å². The highest BCUT2D eigenvalue weighted by Crippen LogP contribution is 1.95. The van der Waals surface area contributed by atoms with Gasteiger partial charge in [0.15, 0.2) is 0 Å². The zero-order chi connectivity index (χ0) is 7.40. The van der Waals surface area contributed by atoms with Crippen LogP contribution in [0.5, 0.6) is 0 Å². The molecular weight excluding hydrogens is 134 g/mol. The van der Waals surface area contributed by atoms with E-state index in [9.17, 15) is 4.79 Å². The maximum atomic E-state index is 10.1. The number of ether oxygens (including phenoxy) is 1. The average molecular weight is 142 g/mol. The summed E-state index contributed by atoms with van der Waals surface area (Å²) in [6.45, 7) is 1.34. The van der Waals surface area contributed by atoms with Gasteiger partial charge in [-0.3, -0.25) is 4.79 Å². The highest BCUT2D eigenvalue weighted by Gasteiger charge is 2.14. The zero-order valence-corrected chi connectivity index (χ0v) is 5.41. The molecule has 1 aliphatic rings. The van der Waals surface area contributed by atoms with Crippen LogP contribution in [-0.2, 0) is 9.53 Å². The summed E-state index contributed by atoms with van der Waals surface area (Å²) in [5.74, 6) is 5.31. The van der Waals surface area contributed by atoms with Crippen LogP contribution in [0.15, 0.2) is 5.10 Å². The van der Waals surface area contributed by atoms with Crippen molar-refractivity contribution < 1.29 is 9.53 Å². The van der Waals surface area contributed by atoms with Crippen molar-refractivity contribution in [2.75, 3.05) is 19.7 Å². The van der Waals surface area contributed by atoms with Gasteiger partial charge in [-0.15, -0.1) is 5.10 Å². The van der Waals surface area contributed by atoms with Crippen molar-refractivity contribution in [3.05, 3.63) is 0 Å². The normalized spacial score (nSPS) is 22.4. The Morgan fingerprint density at radius 2 is 2.60 bits per heavy atom. The van der Waals surface area contributed by atoms with Crippen molar-refractivity contribution >= 4 is 12.3 Å². The Morgan fingerprint density at radius 1 is 1.80 bits per heavy atom. The molecule has 0 unspecified atom stereocenters. The van der Waals surface area contributed by atoms with Gasteiger partial charge in [-0.25, -0.2) is 0 Å². The third kappa shape index (κ3) is 1.37. The zero-order valence-electron chi connectivity index (χ0n) is 5.41. The topological polar surface area (TPSA) is 67.9 Å². The number of nitrogens with two attached hydrogens (primary N) is 1. The lowest BCUT2D eigenvalue weighted by molar-refractivity contribution is 0.211. The molecule has 2 N–H and O–H groups in total. The van der Waals surface area contributed by atoms with Gasteiger partial charge in [-0.05, 0) is 0 Å². The maximum absolute atomic E-state index is 10.1. The lowest BCUT2D eigenvalue weighted by Crippen LogP contribution is -2.39. The first-order chi connectivity index (χ1) is 4.86. The number of hydrogen-bond donors (Lipinski definition) is 1. The fraction of sp³-hybridized carbons (Fsp3) is 0.600. The SMILES string of the molecule is NN=C1CN([C]=O)CCO1. The fourth-order valence-electron chi connectivity index (χ4n) is 0.718. The minimum absolute atomic E-state index is 0.333. The van der Waals surface area contributed by atoms with Crippen LogP contribution in [0.25, 0.3) is 0 Å². The van der Waals surface area contributed by atoms with E-state index in [2.05, 4.69) is 5.10 Å². The summed E-state index contributed by atoms with van der Waals surface area (Å²) >= 11 is 0. The van der Waals surface area contributed by atoms with Crippen LogP contribution in [0, 0.1) is 0 Å². The van der Waals surface area contributed by atoms with E-state index in [-0.39, 0.29) is 0 Å². The van der Waals surface area contributed by atoms with Gasteiger partial charge in [-0.2, -0.15) is 0 Å². The molecule has 0 spiro atoms. The Balaban J connectivity index is 2.47. The van der Waals surface area contributed by atoms with E-state index < -0.39 is 0 Å². The molecule has 0 aliphatic carbocycles. The molecule has 1 fully saturated rings. The second-order valence-electron chi connectivity index (χ2n) is 1.88. The molecule has 0 aromatic heterocycles. The Labute approximate surface area is 58.4 Å². The third-order valence-corrected chi connectivity index (χ3v) is 1.23. The largest absolute Gasteiger partial charge is 0.477 e. The summed E-state index contributed by atoms with van der Waals surface area (Å²) < 4.78 is 4.96. The van der Waals surface area contributed by atoms with E-state index in [4.69, 9.17) is 10.6 Å². The molecule has 1 heterocycles. The molecule has 1 saturated heterocycles. The summed E-state index contributed by atoms with van der Waals surface area (Å²) in [7, 11) is 0. The number of rotatable bonds is 1. The molecule has 0 aromatic rings. The quantitative estimate of drug-likeness (QED) is 0.364. The Morgan fingerprint density at radius 3 is 3.20 bits per heavy atom. The lowest BCUT2D eigenvalue weighted by Gasteiger charge is -2.22. The number of morpholine rings is 1. The van der Waals surface area contributed by atoms with Crippen LogP contribution < -0.4 is 5.84 Å². The van der Waals surface area contributed by atoms with Crippen LogP contribution in [-0.4, -0.2) is 36.9 Å². The molecule has 5 heteroatoms. The van der Waals surface area contributed by atoms with Gasteiger partial charge in [0.1, 0.15) is 6.61 Å². The molecule has 0 bridgehead atoms. The molecule has 1 amide bonds. The Hall–Kier alpha value is -1.26. The van der Waals surface area contributed by atoms with Crippen molar-refractivity contribution in [1.29, 1.82) is 0 Å². The summed E-state index contributed by atoms with van der Waals surface area (Å²) in [6, 6.07) is 0. The minimum atomic E-state index is 0.333. The number of hydrazone groups is 1. The summed E-state index contributed by atoms with van der Waals surface area (Å²) in [4.78, 5) is 11.5. The van der Waals surface area contributed by atoms with Crippen molar-refractivity contribution in [1.82, 2.24) is 4.90 Å². The molecular formula is C5H8N3O2. The van der Waals surface area contributed by atoms with Gasteiger partial charge >= 0.3 is 6.41 Å². The molecule has 1 radical (unpaired) electrons. The maximum Gasteiger partial charge on any atom is 0.312 e. The van der Waals surface area contributed by atoms with Crippen LogP contribution in [0.4, 0.5) is 0 Å². The van der Waals surface area contributed by atoms with Gasteiger partial charge < -0.3 is 15.5 Å². The molecule has 1 aliphatic heterocycles. The number of amides is 1. The standard InChI is InChI=1S/C5H8N3O2/c6-7-5-3-8(4-9)1-2-10-5/h1-3,6H2. The lowest BCUT2D eigenvalue weighted by atomic mass is 10.4. The first kappa shape index (κ1) is 6.85. The first-order valence-electron chi connectivity index (χ1n) is 2.89. The predicted molar refractivity (Wildman–Crippen MR) is 34.8 cm³/mol. The Bertz CT molecular complexity index is 157. The summed E-state index contributed by atoms with van der Waals surface area (Å²) in [5, 5.41) is 3.32. The van der Waals surface area contributed by atoms with Crippen molar-refractivity contribution in [3.63, 3.8) is 0 Å². The summed E-state index contributed by atoms with van der Waals surface area (Å²) in [6.07, 6.45) is 1.74. The molecule has 10 heavy (non-hydrogen) atoms. The van der Waals surface area contributed by atoms with Crippen molar-refractivity contribution in [2.45, 2.75) is 0 Å². The summed E-state index contributed by atoms with van der Waals surface area (Å²) in [5.41, 5.74) is 0. The van der Waals surface area contributed by atoms with Gasteiger partial charge in [0, 0.05) is 0 Å². The van der Waals surface area contributed by atoms with Gasteiger partial charge in [0.25, 0.3) is 0 Å². The van der Waals surface area contributed by atoms with E-state index in [0.29, 0.717) is 25.6 Å².